The number of nitrogens with zero attached hydrogens (tertiary/aromatic N) is 2. The molecular weight excluding hydrogens is 432 g/mol. The molecule has 2 aromatic carbocycles. The van der Waals surface area contributed by atoms with Crippen molar-refractivity contribution in [3.8, 4) is 17.1 Å². The van der Waals surface area contributed by atoms with Crippen LogP contribution in [-0.4, -0.2) is 55.7 Å². The van der Waals surface area contributed by atoms with Crippen LogP contribution in [0.15, 0.2) is 65.1 Å². The summed E-state index contributed by atoms with van der Waals surface area (Å²) in [5, 5.41) is 0.623. The highest BCUT2D eigenvalue weighted by molar-refractivity contribution is 6.30. The molecule has 2 aliphatic heterocycles. The summed E-state index contributed by atoms with van der Waals surface area (Å²) in [6.07, 6.45) is -0.794. The van der Waals surface area contributed by atoms with Gasteiger partial charge in [-0.1, -0.05) is 23.7 Å². The first-order valence-electron chi connectivity index (χ1n) is 10.4. The van der Waals surface area contributed by atoms with Crippen LogP contribution in [0.2, 0.25) is 5.02 Å². The number of hydrogen-bond donors (Lipinski definition) is 0. The fourth-order valence-electron chi connectivity index (χ4n) is 3.90. The molecule has 0 aliphatic carbocycles. The average Bonchev–Trinajstić information content (AvgIpc) is 3.34. The van der Waals surface area contributed by atoms with Crippen molar-refractivity contribution < 1.29 is 23.5 Å². The molecule has 3 aromatic rings. The lowest BCUT2D eigenvalue weighted by Gasteiger charge is -2.37. The number of anilines is 1. The van der Waals surface area contributed by atoms with E-state index in [9.17, 15) is 9.59 Å². The molecule has 1 saturated heterocycles. The monoisotopic (exact) mass is 452 g/mol. The van der Waals surface area contributed by atoms with Gasteiger partial charge in [0, 0.05) is 23.7 Å². The number of amides is 2. The predicted molar refractivity (Wildman–Crippen MR) is 119 cm³/mol. The standard InChI is InChI=1S/C24H21ClN2O5/c25-17-7-5-16(6-8-17)19-9-10-21(31-19)24(29)27-15-22(23(28)26-11-13-30-14-12-26)32-20-4-2-1-3-18(20)27/h1-10,22H,11-15H2. The van der Waals surface area contributed by atoms with Crippen molar-refractivity contribution in [3.05, 3.63) is 71.4 Å². The van der Waals surface area contributed by atoms with E-state index in [0.29, 0.717) is 48.5 Å². The summed E-state index contributed by atoms with van der Waals surface area (Å²) in [5.74, 6) is 0.752. The van der Waals surface area contributed by atoms with Crippen LogP contribution >= 0.6 is 11.6 Å². The molecule has 7 nitrogen and oxygen atoms in total. The molecule has 0 N–H and O–H groups in total. The molecule has 0 radical (unpaired) electrons. The summed E-state index contributed by atoms with van der Waals surface area (Å²) in [4.78, 5) is 29.7. The van der Waals surface area contributed by atoms with Crippen LogP contribution in [0, 0.1) is 0 Å². The molecule has 2 aliphatic rings. The maximum Gasteiger partial charge on any atom is 0.294 e. The highest BCUT2D eigenvalue weighted by Crippen LogP contribution is 2.35. The molecule has 1 fully saturated rings. The first-order chi connectivity index (χ1) is 15.6. The first-order valence-corrected chi connectivity index (χ1v) is 10.8. The number of para-hydroxylation sites is 2. The maximum atomic E-state index is 13.4. The number of carbonyl (C=O) groups excluding carboxylic acids is 2. The number of ether oxygens (including phenoxy) is 2. The average molecular weight is 453 g/mol. The van der Waals surface area contributed by atoms with E-state index < -0.39 is 6.10 Å². The molecule has 5 rings (SSSR count). The number of halogens is 1. The van der Waals surface area contributed by atoms with E-state index in [4.69, 9.17) is 25.5 Å². The van der Waals surface area contributed by atoms with E-state index in [1.54, 1.807) is 46.2 Å². The lowest BCUT2D eigenvalue weighted by atomic mass is 10.1. The van der Waals surface area contributed by atoms with Gasteiger partial charge in [0.05, 0.1) is 25.4 Å². The Morgan fingerprint density at radius 1 is 0.938 bits per heavy atom. The SMILES string of the molecule is O=C(C1CN(C(=O)c2ccc(-c3ccc(Cl)cc3)o2)c2ccccc2O1)N1CCOCC1. The molecule has 8 heteroatoms. The van der Waals surface area contributed by atoms with Gasteiger partial charge in [-0.3, -0.25) is 14.5 Å². The smallest absolute Gasteiger partial charge is 0.294 e. The van der Waals surface area contributed by atoms with Crippen LogP contribution in [0.3, 0.4) is 0 Å². The Bertz CT molecular complexity index is 1140. The second kappa shape index (κ2) is 8.68. The Labute approximate surface area is 190 Å². The predicted octanol–water partition coefficient (Wildman–Crippen LogP) is 3.87. The number of benzene rings is 2. The summed E-state index contributed by atoms with van der Waals surface area (Å²) in [7, 11) is 0. The second-order valence-corrected chi connectivity index (χ2v) is 8.03. The van der Waals surface area contributed by atoms with Crippen LogP contribution in [0.1, 0.15) is 10.6 Å². The Kier molecular flexibility index (Phi) is 5.59. The quantitative estimate of drug-likeness (QED) is 0.603. The van der Waals surface area contributed by atoms with Crippen LogP contribution < -0.4 is 9.64 Å². The van der Waals surface area contributed by atoms with Crippen LogP contribution in [0.4, 0.5) is 5.69 Å². The van der Waals surface area contributed by atoms with Gasteiger partial charge in [-0.25, -0.2) is 0 Å². The summed E-state index contributed by atoms with van der Waals surface area (Å²) in [5.41, 5.74) is 1.42. The van der Waals surface area contributed by atoms with Crippen molar-refractivity contribution in [3.63, 3.8) is 0 Å². The maximum absolute atomic E-state index is 13.4. The van der Waals surface area contributed by atoms with E-state index >= 15 is 0 Å². The van der Waals surface area contributed by atoms with Gasteiger partial charge in [0.15, 0.2) is 11.9 Å². The summed E-state index contributed by atoms with van der Waals surface area (Å²) >= 11 is 5.96. The molecule has 1 aromatic heterocycles. The van der Waals surface area contributed by atoms with Gasteiger partial charge in [0.25, 0.3) is 11.8 Å². The highest BCUT2D eigenvalue weighted by atomic mass is 35.5. The highest BCUT2D eigenvalue weighted by Gasteiger charge is 2.37. The fourth-order valence-corrected chi connectivity index (χ4v) is 4.02. The van der Waals surface area contributed by atoms with Crippen molar-refractivity contribution >= 4 is 29.1 Å². The van der Waals surface area contributed by atoms with Crippen LogP contribution in [0.5, 0.6) is 5.75 Å². The Morgan fingerprint density at radius 2 is 1.69 bits per heavy atom. The van der Waals surface area contributed by atoms with E-state index in [1.165, 1.54) is 0 Å². The number of morpholine rings is 1. The third-order valence-corrected chi connectivity index (χ3v) is 5.81. The van der Waals surface area contributed by atoms with Gasteiger partial charge in [-0.2, -0.15) is 0 Å². The molecule has 2 amide bonds. The normalized spacial score (nSPS) is 18.1. The molecule has 0 saturated carbocycles. The van der Waals surface area contributed by atoms with Gasteiger partial charge in [-0.05, 0) is 48.5 Å². The lowest BCUT2D eigenvalue weighted by Crippen LogP contribution is -2.54. The zero-order valence-electron chi connectivity index (χ0n) is 17.2. The number of rotatable bonds is 3. The van der Waals surface area contributed by atoms with Gasteiger partial charge >= 0.3 is 0 Å². The molecule has 1 atom stereocenters. The fraction of sp³-hybridized carbons (Fsp3) is 0.250. The summed E-state index contributed by atoms with van der Waals surface area (Å²) in [6, 6.07) is 17.8. The minimum atomic E-state index is -0.794. The molecule has 164 valence electrons. The van der Waals surface area contributed by atoms with E-state index in [0.717, 1.165) is 5.56 Å². The molecule has 32 heavy (non-hydrogen) atoms. The number of furan rings is 1. The van der Waals surface area contributed by atoms with Gasteiger partial charge in [-0.15, -0.1) is 0 Å². The molecule has 0 bridgehead atoms. The van der Waals surface area contributed by atoms with Gasteiger partial charge in [0.1, 0.15) is 11.5 Å². The lowest BCUT2D eigenvalue weighted by molar-refractivity contribution is -0.142. The molecule has 1 unspecified atom stereocenters. The van der Waals surface area contributed by atoms with Crippen molar-refractivity contribution in [1.29, 1.82) is 0 Å². The van der Waals surface area contributed by atoms with Crippen LogP contribution in [0.25, 0.3) is 11.3 Å². The largest absolute Gasteiger partial charge is 0.476 e. The van der Waals surface area contributed by atoms with Gasteiger partial charge in [0.2, 0.25) is 0 Å². The molecule has 0 spiro atoms. The second-order valence-electron chi connectivity index (χ2n) is 7.60. The first kappa shape index (κ1) is 20.6. The zero-order chi connectivity index (χ0) is 22.1. The van der Waals surface area contributed by atoms with E-state index in [-0.39, 0.29) is 24.1 Å². The number of hydrogen-bond acceptors (Lipinski definition) is 5. The minimum Gasteiger partial charge on any atom is -0.476 e. The number of fused-ring (bicyclic) bond motifs is 1. The van der Waals surface area contributed by atoms with Gasteiger partial charge < -0.3 is 18.8 Å². The zero-order valence-corrected chi connectivity index (χ0v) is 18.0. The molecular formula is C24H21ClN2O5. The van der Waals surface area contributed by atoms with Crippen molar-refractivity contribution in [1.82, 2.24) is 4.90 Å². The minimum absolute atomic E-state index is 0.100. The van der Waals surface area contributed by atoms with Crippen LogP contribution in [-0.2, 0) is 9.53 Å². The van der Waals surface area contributed by atoms with E-state index in [2.05, 4.69) is 0 Å². The number of carbonyl (C=O) groups is 2. The Hall–Kier alpha value is -3.29. The van der Waals surface area contributed by atoms with E-state index in [1.807, 2.05) is 24.3 Å². The molecule has 3 heterocycles. The third kappa shape index (κ3) is 3.97. The van der Waals surface area contributed by atoms with Crippen molar-refractivity contribution in [2.24, 2.45) is 0 Å². The Balaban J connectivity index is 1.42. The topological polar surface area (TPSA) is 72.2 Å². The Morgan fingerprint density at radius 3 is 2.47 bits per heavy atom. The summed E-state index contributed by atoms with van der Waals surface area (Å²) < 4.78 is 17.2. The third-order valence-electron chi connectivity index (χ3n) is 5.56. The summed E-state index contributed by atoms with van der Waals surface area (Å²) in [6.45, 7) is 2.12. The van der Waals surface area contributed by atoms with Crippen molar-refractivity contribution in [2.75, 3.05) is 37.7 Å². The van der Waals surface area contributed by atoms with Crippen molar-refractivity contribution in [2.45, 2.75) is 6.10 Å².